The van der Waals surface area contributed by atoms with Crippen molar-refractivity contribution in [2.75, 3.05) is 0 Å². The Bertz CT molecular complexity index is 2260. The number of rotatable bonds is 2. The van der Waals surface area contributed by atoms with Gasteiger partial charge in [0.15, 0.2) is 0 Å². The van der Waals surface area contributed by atoms with Crippen LogP contribution >= 0.6 is 6.04 Å². The molecule has 0 radical (unpaired) electrons. The lowest BCUT2D eigenvalue weighted by Gasteiger charge is -2.37. The van der Waals surface area contributed by atoms with Gasteiger partial charge in [0, 0.05) is 26.9 Å². The first-order valence-electron chi connectivity index (χ1n) is 13.5. The van der Waals surface area contributed by atoms with Crippen LogP contribution in [0.25, 0.3) is 44.2 Å². The molecule has 9 rings (SSSR count). The smallest absolute Gasteiger partial charge is 0.143 e. The Hall–Kier alpha value is -4.63. The summed E-state index contributed by atoms with van der Waals surface area (Å²) in [6.45, 7) is 0. The highest BCUT2D eigenvalue weighted by Gasteiger charge is 2.42. The Morgan fingerprint density at radius 1 is 0.488 bits per heavy atom. The summed E-state index contributed by atoms with van der Waals surface area (Å²) in [5.41, 5.74) is 6.16. The zero-order valence-corrected chi connectivity index (χ0v) is 23.4. The lowest BCUT2D eigenvalue weighted by molar-refractivity contribution is 0.466. The van der Waals surface area contributed by atoms with Crippen LogP contribution in [0.1, 0.15) is 0 Å². The molecule has 0 bridgehead atoms. The number of benzene rings is 6. The van der Waals surface area contributed by atoms with Crippen LogP contribution in [0.15, 0.2) is 132 Å². The number of furan rings is 1. The van der Waals surface area contributed by atoms with Gasteiger partial charge in [-0.2, -0.15) is 0 Å². The van der Waals surface area contributed by atoms with Crippen molar-refractivity contribution in [1.82, 2.24) is 0 Å². The van der Waals surface area contributed by atoms with E-state index in [-0.39, 0.29) is 0 Å². The molecule has 41 heavy (non-hydrogen) atoms. The number of para-hydroxylation sites is 3. The Morgan fingerprint density at radius 2 is 1.15 bits per heavy atom. The predicted octanol–water partition coefficient (Wildman–Crippen LogP) is 8.89. The summed E-state index contributed by atoms with van der Waals surface area (Å²) in [4.78, 5) is 0. The fourth-order valence-corrected chi connectivity index (χ4v) is 10.7. The SMILES string of the molecule is S=P12c3ccccc3Oc3cccc(c31)Oc1cc(-c3cccc(-c4cccc5c4oc4ccccc45)c3)ccc12. The van der Waals surface area contributed by atoms with Gasteiger partial charge in [0.25, 0.3) is 0 Å². The van der Waals surface area contributed by atoms with Gasteiger partial charge in [0.2, 0.25) is 0 Å². The molecule has 0 saturated heterocycles. The van der Waals surface area contributed by atoms with Crippen molar-refractivity contribution >= 4 is 55.7 Å². The van der Waals surface area contributed by atoms with Gasteiger partial charge >= 0.3 is 0 Å². The van der Waals surface area contributed by atoms with E-state index in [9.17, 15) is 0 Å². The van der Waals surface area contributed by atoms with Gasteiger partial charge in [0.1, 0.15) is 34.2 Å². The van der Waals surface area contributed by atoms with Gasteiger partial charge in [-0.15, -0.1) is 0 Å². The summed E-state index contributed by atoms with van der Waals surface area (Å²) in [5.74, 6) is 3.24. The Kier molecular flexibility index (Phi) is 4.76. The first-order chi connectivity index (χ1) is 20.2. The molecule has 0 saturated carbocycles. The van der Waals surface area contributed by atoms with Crippen molar-refractivity contribution in [3.8, 4) is 45.3 Å². The van der Waals surface area contributed by atoms with Gasteiger partial charge in [-0.3, -0.25) is 0 Å². The third-order valence-electron chi connectivity index (χ3n) is 8.13. The molecule has 0 spiro atoms. The van der Waals surface area contributed by atoms with Crippen molar-refractivity contribution in [3.63, 3.8) is 0 Å². The molecule has 0 fully saturated rings. The normalized spacial score (nSPS) is 16.4. The second-order valence-corrected chi connectivity index (χ2v) is 14.7. The minimum Gasteiger partial charge on any atom is -0.456 e. The molecule has 3 nitrogen and oxygen atoms in total. The summed E-state index contributed by atoms with van der Waals surface area (Å²) in [6.07, 6.45) is 0. The molecule has 6 aromatic carbocycles. The van der Waals surface area contributed by atoms with E-state index in [4.69, 9.17) is 25.7 Å². The molecule has 1 aromatic heterocycles. The molecule has 0 N–H and O–H groups in total. The predicted molar refractivity (Wildman–Crippen MR) is 171 cm³/mol. The van der Waals surface area contributed by atoms with Crippen LogP contribution in [0.3, 0.4) is 0 Å². The van der Waals surface area contributed by atoms with Crippen LogP contribution in [-0.4, -0.2) is 0 Å². The Balaban J connectivity index is 1.19. The summed E-state index contributed by atoms with van der Waals surface area (Å²) < 4.78 is 19.1. The van der Waals surface area contributed by atoms with E-state index in [2.05, 4.69) is 78.9 Å². The summed E-state index contributed by atoms with van der Waals surface area (Å²) in [7, 11) is 0. The molecule has 3 heterocycles. The van der Waals surface area contributed by atoms with E-state index in [1.807, 2.05) is 48.5 Å². The monoisotopic (exact) mass is 564 g/mol. The van der Waals surface area contributed by atoms with Gasteiger partial charge in [0.05, 0.1) is 11.3 Å². The van der Waals surface area contributed by atoms with Gasteiger partial charge in [-0.25, -0.2) is 0 Å². The fraction of sp³-hybridized carbons (Fsp3) is 0. The molecule has 7 aromatic rings. The first kappa shape index (κ1) is 23.1. The molecule has 5 heteroatoms. The van der Waals surface area contributed by atoms with Gasteiger partial charge < -0.3 is 13.9 Å². The van der Waals surface area contributed by atoms with E-state index in [1.54, 1.807) is 0 Å². The highest BCUT2D eigenvalue weighted by Crippen LogP contribution is 2.58. The average Bonchev–Trinajstić information content (AvgIpc) is 3.40. The van der Waals surface area contributed by atoms with Crippen molar-refractivity contribution < 1.29 is 13.9 Å². The van der Waals surface area contributed by atoms with Gasteiger partial charge in [-0.05, 0) is 65.2 Å². The van der Waals surface area contributed by atoms with Crippen LogP contribution in [0.5, 0.6) is 23.0 Å². The zero-order valence-electron chi connectivity index (χ0n) is 21.7. The third-order valence-corrected chi connectivity index (χ3v) is 13.0. The second-order valence-electron chi connectivity index (χ2n) is 10.4. The van der Waals surface area contributed by atoms with E-state index >= 15 is 0 Å². The van der Waals surface area contributed by atoms with Crippen LogP contribution < -0.4 is 25.4 Å². The van der Waals surface area contributed by atoms with E-state index < -0.39 is 6.04 Å². The summed E-state index contributed by atoms with van der Waals surface area (Å²) >= 11 is 6.62. The van der Waals surface area contributed by atoms with Crippen LogP contribution in [-0.2, 0) is 11.8 Å². The lowest BCUT2D eigenvalue weighted by Crippen LogP contribution is -2.34. The topological polar surface area (TPSA) is 31.6 Å². The maximum absolute atomic E-state index is 6.62. The molecule has 0 amide bonds. The average molecular weight is 565 g/mol. The molecule has 1 atom stereocenters. The summed E-state index contributed by atoms with van der Waals surface area (Å²) in [6, 6.07) is 41.4. The quantitative estimate of drug-likeness (QED) is 0.196. The standard InChI is InChI=1S/C36H21O3PS/c41-40-33-17-4-3-14-29(33)37-30-15-7-16-31(36(30)40)38-32-21-23(18-19-34(32)40)22-8-5-9-24(20-22)25-11-6-12-27-26-10-1-2-13-28(26)39-35(25)27/h1-21H. The van der Waals surface area contributed by atoms with Crippen LogP contribution in [0.4, 0.5) is 0 Å². The van der Waals surface area contributed by atoms with E-state index in [0.717, 1.165) is 83.1 Å². The van der Waals surface area contributed by atoms with Crippen molar-refractivity contribution in [1.29, 1.82) is 0 Å². The molecular weight excluding hydrogens is 543 g/mol. The maximum atomic E-state index is 6.62. The maximum Gasteiger partial charge on any atom is 0.143 e. The number of ether oxygens (including phenoxy) is 2. The molecule has 0 aliphatic carbocycles. The lowest BCUT2D eigenvalue weighted by atomic mass is 9.97. The molecule has 2 aliphatic rings. The molecule has 194 valence electrons. The minimum absolute atomic E-state index is 0.787. The Morgan fingerprint density at radius 3 is 2.07 bits per heavy atom. The first-order valence-corrected chi connectivity index (χ1v) is 16.3. The summed E-state index contributed by atoms with van der Waals surface area (Å²) in [5, 5.41) is 5.41. The van der Waals surface area contributed by atoms with E-state index in [0.29, 0.717) is 0 Å². The zero-order chi connectivity index (χ0) is 27.1. The molecular formula is C36H21O3PS. The third kappa shape index (κ3) is 3.23. The molecule has 1 unspecified atom stereocenters. The second kappa shape index (κ2) is 8.44. The highest BCUT2D eigenvalue weighted by molar-refractivity contribution is 8.26. The number of fused-ring (bicyclic) bond motifs is 7. The van der Waals surface area contributed by atoms with Crippen LogP contribution in [0, 0.1) is 0 Å². The van der Waals surface area contributed by atoms with Crippen molar-refractivity contribution in [2.45, 2.75) is 0 Å². The minimum atomic E-state index is -2.35. The van der Waals surface area contributed by atoms with Crippen molar-refractivity contribution in [2.24, 2.45) is 0 Å². The molecule has 2 aliphatic heterocycles. The number of hydrogen-bond donors (Lipinski definition) is 0. The van der Waals surface area contributed by atoms with E-state index in [1.165, 1.54) is 0 Å². The number of hydrogen-bond acceptors (Lipinski definition) is 4. The Labute approximate surface area is 241 Å². The highest BCUT2D eigenvalue weighted by atomic mass is 32.4. The largest absolute Gasteiger partial charge is 0.456 e. The van der Waals surface area contributed by atoms with Gasteiger partial charge in [-0.1, -0.05) is 90.7 Å². The fourth-order valence-electron chi connectivity index (χ4n) is 6.26. The van der Waals surface area contributed by atoms with Crippen LogP contribution in [0.2, 0.25) is 0 Å². The van der Waals surface area contributed by atoms with Crippen molar-refractivity contribution in [3.05, 3.63) is 127 Å².